The van der Waals surface area contributed by atoms with Crippen LogP contribution in [0.5, 0.6) is 0 Å². The predicted molar refractivity (Wildman–Crippen MR) is 111 cm³/mol. The molecule has 0 aromatic heterocycles. The number of carbonyl (C=O) groups excluding carboxylic acids is 2. The molecule has 1 atom stereocenters. The van der Waals surface area contributed by atoms with Gasteiger partial charge in [0.15, 0.2) is 6.61 Å². The average Bonchev–Trinajstić information content (AvgIpc) is 2.71. The van der Waals surface area contributed by atoms with Crippen molar-refractivity contribution in [2.24, 2.45) is 0 Å². The number of hydrogen-bond donors (Lipinski definition) is 1. The molecule has 0 spiro atoms. The summed E-state index contributed by atoms with van der Waals surface area (Å²) in [5.74, 6) is -0.700. The van der Waals surface area contributed by atoms with E-state index in [1.807, 2.05) is 80.6 Å². The van der Waals surface area contributed by atoms with Gasteiger partial charge in [-0.3, -0.25) is 9.59 Å². The first-order valence-electron chi connectivity index (χ1n) is 9.55. The standard InChI is InChI=1S/C24H25NO3/c1-3-22(19-13-11-17(2)12-14-19)25-23(26)16-28-24(27)15-20-9-6-8-18-7-4-5-10-21(18)20/h4-14,22H,3,15-16H2,1-2H3,(H,25,26)/t22-/m0/s1. The van der Waals surface area contributed by atoms with Crippen LogP contribution in [-0.4, -0.2) is 18.5 Å². The number of hydrogen-bond acceptors (Lipinski definition) is 3. The third-order valence-electron chi connectivity index (χ3n) is 4.80. The largest absolute Gasteiger partial charge is 0.455 e. The van der Waals surface area contributed by atoms with Crippen LogP contribution in [-0.2, 0) is 20.7 Å². The molecule has 0 aliphatic heterocycles. The van der Waals surface area contributed by atoms with Gasteiger partial charge in [-0.2, -0.15) is 0 Å². The molecule has 1 amide bonds. The van der Waals surface area contributed by atoms with Crippen molar-refractivity contribution in [2.75, 3.05) is 6.61 Å². The summed E-state index contributed by atoms with van der Waals surface area (Å²) in [6, 6.07) is 21.7. The molecule has 0 saturated carbocycles. The Hall–Kier alpha value is -3.14. The van der Waals surface area contributed by atoms with Crippen LogP contribution >= 0.6 is 0 Å². The Morgan fingerprint density at radius 3 is 2.43 bits per heavy atom. The quantitative estimate of drug-likeness (QED) is 0.619. The molecule has 28 heavy (non-hydrogen) atoms. The summed E-state index contributed by atoms with van der Waals surface area (Å²) in [4.78, 5) is 24.5. The van der Waals surface area contributed by atoms with Crippen LogP contribution in [0.3, 0.4) is 0 Å². The molecule has 4 nitrogen and oxygen atoms in total. The number of benzene rings is 3. The molecule has 0 radical (unpaired) electrons. The van der Waals surface area contributed by atoms with E-state index in [0.29, 0.717) is 0 Å². The second-order valence-corrected chi connectivity index (χ2v) is 6.91. The first-order chi connectivity index (χ1) is 13.6. The van der Waals surface area contributed by atoms with Gasteiger partial charge in [0, 0.05) is 0 Å². The van der Waals surface area contributed by atoms with Gasteiger partial charge in [-0.15, -0.1) is 0 Å². The Bertz CT molecular complexity index is 958. The Morgan fingerprint density at radius 2 is 1.68 bits per heavy atom. The van der Waals surface area contributed by atoms with Crippen molar-refractivity contribution < 1.29 is 14.3 Å². The Balaban J connectivity index is 1.55. The smallest absolute Gasteiger partial charge is 0.310 e. The molecule has 0 aliphatic carbocycles. The first-order valence-corrected chi connectivity index (χ1v) is 9.55. The van der Waals surface area contributed by atoms with E-state index in [-0.39, 0.29) is 25.0 Å². The summed E-state index contributed by atoms with van der Waals surface area (Å²) in [6.07, 6.45) is 0.905. The topological polar surface area (TPSA) is 55.4 Å². The lowest BCUT2D eigenvalue weighted by Crippen LogP contribution is -2.32. The van der Waals surface area contributed by atoms with Gasteiger partial charge in [0.05, 0.1) is 12.5 Å². The van der Waals surface area contributed by atoms with E-state index in [0.717, 1.165) is 28.3 Å². The van der Waals surface area contributed by atoms with Gasteiger partial charge in [-0.1, -0.05) is 79.2 Å². The first kappa shape index (κ1) is 19.6. The van der Waals surface area contributed by atoms with Crippen molar-refractivity contribution in [3.05, 3.63) is 83.4 Å². The number of rotatable bonds is 7. The molecular formula is C24H25NO3. The fourth-order valence-electron chi connectivity index (χ4n) is 3.26. The molecule has 0 fully saturated rings. The molecule has 4 heteroatoms. The van der Waals surface area contributed by atoms with Gasteiger partial charge >= 0.3 is 5.97 Å². The van der Waals surface area contributed by atoms with E-state index in [9.17, 15) is 9.59 Å². The molecular weight excluding hydrogens is 350 g/mol. The summed E-state index contributed by atoms with van der Waals surface area (Å²) < 4.78 is 5.21. The lowest BCUT2D eigenvalue weighted by atomic mass is 10.0. The van der Waals surface area contributed by atoms with E-state index in [2.05, 4.69) is 5.32 Å². The lowest BCUT2D eigenvalue weighted by molar-refractivity contribution is -0.148. The van der Waals surface area contributed by atoms with Gasteiger partial charge in [-0.05, 0) is 35.2 Å². The van der Waals surface area contributed by atoms with Crippen molar-refractivity contribution in [3.63, 3.8) is 0 Å². The Labute approximate surface area is 165 Å². The van der Waals surface area contributed by atoms with Crippen molar-refractivity contribution in [1.82, 2.24) is 5.32 Å². The maximum atomic E-state index is 12.2. The summed E-state index contributed by atoms with van der Waals surface area (Å²) in [6.45, 7) is 3.77. The molecule has 0 aliphatic rings. The summed E-state index contributed by atoms with van der Waals surface area (Å²) in [7, 11) is 0. The van der Waals surface area contributed by atoms with Gasteiger partial charge in [0.2, 0.25) is 0 Å². The minimum Gasteiger partial charge on any atom is -0.455 e. The zero-order chi connectivity index (χ0) is 19.9. The van der Waals surface area contributed by atoms with Crippen molar-refractivity contribution in [1.29, 1.82) is 0 Å². The van der Waals surface area contributed by atoms with E-state index in [4.69, 9.17) is 4.74 Å². The van der Waals surface area contributed by atoms with Gasteiger partial charge < -0.3 is 10.1 Å². The van der Waals surface area contributed by atoms with Crippen LogP contribution in [0.15, 0.2) is 66.7 Å². The normalized spacial score (nSPS) is 11.8. The molecule has 144 valence electrons. The van der Waals surface area contributed by atoms with E-state index in [1.165, 1.54) is 5.56 Å². The zero-order valence-electron chi connectivity index (χ0n) is 16.3. The Kier molecular flexibility index (Phi) is 6.43. The molecule has 3 aromatic rings. The fourth-order valence-corrected chi connectivity index (χ4v) is 3.26. The fraction of sp³-hybridized carbons (Fsp3) is 0.250. The molecule has 0 saturated heterocycles. The van der Waals surface area contributed by atoms with Gasteiger partial charge in [0.25, 0.3) is 5.91 Å². The third-order valence-corrected chi connectivity index (χ3v) is 4.80. The number of aryl methyl sites for hydroxylation is 1. The number of esters is 1. The summed E-state index contributed by atoms with van der Waals surface area (Å²) in [5, 5.41) is 5.04. The molecule has 0 heterocycles. The second-order valence-electron chi connectivity index (χ2n) is 6.91. The Morgan fingerprint density at radius 1 is 0.964 bits per heavy atom. The predicted octanol–water partition coefficient (Wildman–Crippen LogP) is 4.50. The molecule has 1 N–H and O–H groups in total. The maximum Gasteiger partial charge on any atom is 0.310 e. The van der Waals surface area contributed by atoms with E-state index >= 15 is 0 Å². The number of ether oxygens (including phenoxy) is 1. The van der Waals surface area contributed by atoms with Crippen molar-refractivity contribution in [3.8, 4) is 0 Å². The van der Waals surface area contributed by atoms with E-state index < -0.39 is 5.97 Å². The van der Waals surface area contributed by atoms with E-state index in [1.54, 1.807) is 0 Å². The van der Waals surface area contributed by atoms with Crippen molar-refractivity contribution in [2.45, 2.75) is 32.7 Å². The number of amides is 1. The van der Waals surface area contributed by atoms with Gasteiger partial charge in [0.1, 0.15) is 0 Å². The van der Waals surface area contributed by atoms with Crippen LogP contribution < -0.4 is 5.32 Å². The summed E-state index contributed by atoms with van der Waals surface area (Å²) in [5.41, 5.74) is 3.12. The molecule has 3 aromatic carbocycles. The molecule has 3 rings (SSSR count). The second kappa shape index (κ2) is 9.18. The number of carbonyl (C=O) groups is 2. The highest BCUT2D eigenvalue weighted by Gasteiger charge is 2.15. The highest BCUT2D eigenvalue weighted by atomic mass is 16.5. The monoisotopic (exact) mass is 375 g/mol. The average molecular weight is 375 g/mol. The SMILES string of the molecule is CC[C@H](NC(=O)COC(=O)Cc1cccc2ccccc12)c1ccc(C)cc1. The molecule has 0 bridgehead atoms. The minimum absolute atomic E-state index is 0.0927. The number of fused-ring (bicyclic) bond motifs is 1. The van der Waals surface area contributed by atoms with Crippen LogP contribution in [0, 0.1) is 6.92 Å². The van der Waals surface area contributed by atoms with Crippen molar-refractivity contribution >= 4 is 22.6 Å². The third kappa shape index (κ3) is 4.97. The van der Waals surface area contributed by atoms with Crippen LogP contribution in [0.4, 0.5) is 0 Å². The maximum absolute atomic E-state index is 12.2. The van der Waals surface area contributed by atoms with Crippen LogP contribution in [0.25, 0.3) is 10.8 Å². The summed E-state index contributed by atoms with van der Waals surface area (Å²) >= 11 is 0. The lowest BCUT2D eigenvalue weighted by Gasteiger charge is -2.17. The van der Waals surface area contributed by atoms with Crippen LogP contribution in [0.1, 0.15) is 36.1 Å². The highest BCUT2D eigenvalue weighted by molar-refractivity contribution is 5.89. The molecule has 0 unspecified atom stereocenters. The minimum atomic E-state index is -0.408. The van der Waals surface area contributed by atoms with Crippen LogP contribution in [0.2, 0.25) is 0 Å². The highest BCUT2D eigenvalue weighted by Crippen LogP contribution is 2.19. The van der Waals surface area contributed by atoms with Gasteiger partial charge in [-0.25, -0.2) is 0 Å². The zero-order valence-corrected chi connectivity index (χ0v) is 16.3. The number of nitrogens with one attached hydrogen (secondary N) is 1.